The van der Waals surface area contributed by atoms with Crippen molar-refractivity contribution in [2.24, 2.45) is 5.92 Å². The molecule has 138 valence electrons. The third kappa shape index (κ3) is 20.0. The lowest BCUT2D eigenvalue weighted by atomic mass is 10.0. The van der Waals surface area contributed by atoms with Gasteiger partial charge in [0.1, 0.15) is 6.61 Å². The van der Waals surface area contributed by atoms with Crippen LogP contribution in [-0.2, 0) is 9.09 Å². The van der Waals surface area contributed by atoms with E-state index in [0.29, 0.717) is 12.5 Å². The van der Waals surface area contributed by atoms with E-state index in [2.05, 4.69) is 13.8 Å². The number of hydrogen-bond donors (Lipinski definition) is 1. The Morgan fingerprint density at radius 3 is 1.57 bits per heavy atom. The monoisotopic (exact) mass is 347 g/mol. The minimum Gasteiger partial charge on any atom is -0.133 e. The van der Waals surface area contributed by atoms with E-state index < -0.39 is 8.25 Å². The van der Waals surface area contributed by atoms with Crippen LogP contribution in [0, 0.1) is 5.92 Å². The van der Waals surface area contributed by atoms with Crippen LogP contribution in [-0.4, -0.2) is 11.5 Å². The van der Waals surface area contributed by atoms with Gasteiger partial charge in [-0.2, -0.15) is 0 Å². The molecule has 1 N–H and O–H groups in total. The molecule has 0 saturated carbocycles. The Labute approximate surface area is 145 Å². The number of rotatable bonds is 18. The molecule has 0 saturated heterocycles. The minimum absolute atomic E-state index is 0.387. The fourth-order valence-electron chi connectivity index (χ4n) is 2.96. The molecule has 0 aliphatic carbocycles. The number of unbranched alkanes of at least 4 members (excludes halogenated alkanes) is 13. The van der Waals surface area contributed by atoms with Crippen molar-refractivity contribution in [3.05, 3.63) is 0 Å². The predicted octanol–water partition coefficient (Wildman–Crippen LogP) is 7.16. The minimum atomic E-state index is -2.42. The molecule has 2 unspecified atom stereocenters. The van der Waals surface area contributed by atoms with Gasteiger partial charge in [0.25, 0.3) is 0 Å². The van der Waals surface area contributed by atoms with Crippen molar-refractivity contribution in [3.8, 4) is 0 Å². The van der Waals surface area contributed by atoms with E-state index in [4.69, 9.17) is 9.42 Å². The summed E-state index contributed by atoms with van der Waals surface area (Å²) in [6.45, 7) is 4.77. The lowest BCUT2D eigenvalue weighted by Gasteiger charge is -2.07. The highest BCUT2D eigenvalue weighted by molar-refractivity contribution is 7.32. The molecule has 0 rings (SSSR count). The summed E-state index contributed by atoms with van der Waals surface area (Å²) in [5.41, 5.74) is 0. The second-order valence-corrected chi connectivity index (χ2v) is 7.76. The molecule has 0 aromatic carbocycles. The smallest absolute Gasteiger partial charge is 0.133 e. The summed E-state index contributed by atoms with van der Waals surface area (Å²) in [7, 11) is -2.42. The second-order valence-electron chi connectivity index (χ2n) is 7.02. The van der Waals surface area contributed by atoms with Crippen LogP contribution < -0.4 is 0 Å². The summed E-state index contributed by atoms with van der Waals surface area (Å²) in [4.78, 5) is 8.58. The van der Waals surface area contributed by atoms with Crippen molar-refractivity contribution in [2.75, 3.05) is 6.61 Å². The Balaban J connectivity index is 3.09. The molecule has 2 atom stereocenters. The summed E-state index contributed by atoms with van der Waals surface area (Å²) in [6, 6.07) is 0. The van der Waals surface area contributed by atoms with Gasteiger partial charge in [0.15, 0.2) is 0 Å². The molecule has 0 fully saturated rings. The quantitative estimate of drug-likeness (QED) is 0.211. The van der Waals surface area contributed by atoms with Crippen molar-refractivity contribution in [2.45, 2.75) is 110 Å². The molecular formula is C19H40O3P+. The molecule has 0 aliphatic rings. The van der Waals surface area contributed by atoms with Crippen LogP contribution in [0.15, 0.2) is 0 Å². The Kier molecular flexibility index (Phi) is 18.4. The second kappa shape index (κ2) is 18.4. The molecule has 0 spiro atoms. The van der Waals surface area contributed by atoms with Crippen molar-refractivity contribution >= 4 is 8.25 Å². The van der Waals surface area contributed by atoms with E-state index in [9.17, 15) is 4.57 Å². The molecular weight excluding hydrogens is 307 g/mol. The molecule has 0 aromatic rings. The van der Waals surface area contributed by atoms with Gasteiger partial charge in [-0.15, -0.1) is 9.42 Å². The maximum Gasteiger partial charge on any atom is 0.694 e. The SMILES string of the molecule is CCCCCCCCCCCCCCCCC(C)CO[P+](=O)O. The maximum atomic E-state index is 10.4. The van der Waals surface area contributed by atoms with Gasteiger partial charge >= 0.3 is 8.25 Å². The maximum absolute atomic E-state index is 10.4. The molecule has 4 heteroatoms. The molecule has 0 heterocycles. The van der Waals surface area contributed by atoms with Gasteiger partial charge in [-0.1, -0.05) is 104 Å². The zero-order valence-corrected chi connectivity index (χ0v) is 16.5. The summed E-state index contributed by atoms with van der Waals surface area (Å²) in [6.07, 6.45) is 20.4. The van der Waals surface area contributed by atoms with Crippen molar-refractivity contribution in [1.82, 2.24) is 0 Å². The molecule has 23 heavy (non-hydrogen) atoms. The highest BCUT2D eigenvalue weighted by Crippen LogP contribution is 2.19. The highest BCUT2D eigenvalue weighted by atomic mass is 31.1. The first kappa shape index (κ1) is 23.0. The van der Waals surface area contributed by atoms with Crippen LogP contribution in [0.1, 0.15) is 110 Å². The zero-order valence-electron chi connectivity index (χ0n) is 15.6. The van der Waals surface area contributed by atoms with Gasteiger partial charge in [0.05, 0.1) is 0 Å². The lowest BCUT2D eigenvalue weighted by Crippen LogP contribution is -2.02. The molecule has 0 aliphatic heterocycles. The van der Waals surface area contributed by atoms with Crippen LogP contribution in [0.3, 0.4) is 0 Å². The Morgan fingerprint density at radius 1 is 0.783 bits per heavy atom. The van der Waals surface area contributed by atoms with Crippen LogP contribution in [0.4, 0.5) is 0 Å². The first-order chi connectivity index (χ1) is 11.2. The van der Waals surface area contributed by atoms with E-state index in [1.165, 1.54) is 89.9 Å². The highest BCUT2D eigenvalue weighted by Gasteiger charge is 2.14. The molecule has 0 amide bonds. The first-order valence-electron chi connectivity index (χ1n) is 9.95. The van der Waals surface area contributed by atoms with E-state index in [1.54, 1.807) is 0 Å². The average molecular weight is 348 g/mol. The molecule has 0 bridgehead atoms. The predicted molar refractivity (Wildman–Crippen MR) is 99.9 cm³/mol. The summed E-state index contributed by atoms with van der Waals surface area (Å²) in [5, 5.41) is 0. The third-order valence-electron chi connectivity index (χ3n) is 4.52. The summed E-state index contributed by atoms with van der Waals surface area (Å²) in [5.74, 6) is 0.387. The van der Waals surface area contributed by atoms with Crippen molar-refractivity contribution < 1.29 is 14.0 Å². The van der Waals surface area contributed by atoms with Crippen LogP contribution >= 0.6 is 8.25 Å². The fraction of sp³-hybridized carbons (Fsp3) is 1.00. The molecule has 0 aromatic heterocycles. The lowest BCUT2D eigenvalue weighted by molar-refractivity contribution is 0.231. The van der Waals surface area contributed by atoms with Crippen molar-refractivity contribution in [1.29, 1.82) is 0 Å². The largest absolute Gasteiger partial charge is 0.694 e. The van der Waals surface area contributed by atoms with E-state index >= 15 is 0 Å². The van der Waals surface area contributed by atoms with Crippen LogP contribution in [0.5, 0.6) is 0 Å². The first-order valence-corrected chi connectivity index (χ1v) is 11.1. The molecule has 0 radical (unpaired) electrons. The van der Waals surface area contributed by atoms with E-state index in [1.807, 2.05) is 0 Å². The van der Waals surface area contributed by atoms with E-state index in [-0.39, 0.29) is 0 Å². The third-order valence-corrected chi connectivity index (χ3v) is 4.89. The molecule has 3 nitrogen and oxygen atoms in total. The fourth-order valence-corrected chi connectivity index (χ4v) is 3.34. The van der Waals surface area contributed by atoms with E-state index in [0.717, 1.165) is 6.42 Å². The van der Waals surface area contributed by atoms with Gasteiger partial charge in [0.2, 0.25) is 0 Å². The normalized spacial score (nSPS) is 13.3. The zero-order chi connectivity index (χ0) is 17.2. The average Bonchev–Trinajstić information content (AvgIpc) is 2.53. The van der Waals surface area contributed by atoms with Gasteiger partial charge in [-0.25, -0.2) is 0 Å². The van der Waals surface area contributed by atoms with Gasteiger partial charge in [-0.3, -0.25) is 0 Å². The van der Waals surface area contributed by atoms with Crippen LogP contribution in [0.2, 0.25) is 0 Å². The number of hydrogen-bond acceptors (Lipinski definition) is 2. The Morgan fingerprint density at radius 2 is 1.17 bits per heavy atom. The Hall–Kier alpha value is 0.0200. The summed E-state index contributed by atoms with van der Waals surface area (Å²) < 4.78 is 15.2. The van der Waals surface area contributed by atoms with Gasteiger partial charge < -0.3 is 0 Å². The van der Waals surface area contributed by atoms with Crippen LogP contribution in [0.25, 0.3) is 0 Å². The van der Waals surface area contributed by atoms with Crippen molar-refractivity contribution in [3.63, 3.8) is 0 Å². The standard InChI is InChI=1S/C19H39O3P/c1-3-4-5-6-7-8-9-10-11-12-13-14-15-16-17-19(2)18-22-23(20)21/h19H,3-18H2,1-2H3/p+1. The summed E-state index contributed by atoms with van der Waals surface area (Å²) >= 11 is 0. The Bertz CT molecular complexity index is 259. The van der Waals surface area contributed by atoms with Gasteiger partial charge in [-0.05, 0) is 12.3 Å². The topological polar surface area (TPSA) is 46.5 Å². The van der Waals surface area contributed by atoms with Gasteiger partial charge in [0, 0.05) is 4.57 Å².